The van der Waals surface area contributed by atoms with Crippen molar-refractivity contribution in [1.29, 1.82) is 0 Å². The molecule has 1 saturated carbocycles. The van der Waals surface area contributed by atoms with Gasteiger partial charge in [-0.05, 0) is 25.2 Å². The molecule has 0 aromatic rings. The van der Waals surface area contributed by atoms with Gasteiger partial charge in [-0.2, -0.15) is 0 Å². The molecule has 0 spiro atoms. The van der Waals surface area contributed by atoms with E-state index in [1.807, 2.05) is 0 Å². The summed E-state index contributed by atoms with van der Waals surface area (Å²) in [7, 11) is 0. The van der Waals surface area contributed by atoms with Gasteiger partial charge < -0.3 is 0 Å². The van der Waals surface area contributed by atoms with Crippen molar-refractivity contribution in [3.05, 3.63) is 0 Å². The summed E-state index contributed by atoms with van der Waals surface area (Å²) in [6.07, 6.45) is 6.27. The predicted octanol–water partition coefficient (Wildman–Crippen LogP) is 1.24. The molecule has 2 rings (SSSR count). The quantitative estimate of drug-likeness (QED) is 0.429. The Bertz CT molecular complexity index is 94.7. The van der Waals surface area contributed by atoms with E-state index in [-0.39, 0.29) is 0 Å². The highest BCUT2D eigenvalue weighted by Gasteiger charge is 2.26. The molecule has 0 unspecified atom stereocenters. The van der Waals surface area contributed by atoms with Crippen molar-refractivity contribution in [2.24, 2.45) is 10.9 Å². The smallest absolute Gasteiger partial charge is 0.0502 e. The van der Waals surface area contributed by atoms with Crippen LogP contribution in [0, 0.1) is 5.92 Å². The summed E-state index contributed by atoms with van der Waals surface area (Å²) in [4.78, 5) is 4.28. The Morgan fingerprint density at radius 1 is 1.43 bits per heavy atom. The van der Waals surface area contributed by atoms with Gasteiger partial charge in [-0.1, -0.05) is 0 Å². The Morgan fingerprint density at radius 3 is 2.57 bits per heavy atom. The normalized spacial score (nSPS) is 45.7. The molecule has 1 heterocycles. The number of rotatable bonds is 0. The largest absolute Gasteiger partial charge is 0.294 e. The van der Waals surface area contributed by atoms with Gasteiger partial charge in [-0.15, -0.1) is 0 Å². The minimum atomic E-state index is 0.741. The van der Waals surface area contributed by atoms with Crippen LogP contribution in [0.4, 0.5) is 0 Å². The summed E-state index contributed by atoms with van der Waals surface area (Å²) in [5.41, 5.74) is 0. The van der Waals surface area contributed by atoms with E-state index in [1.165, 1.54) is 19.3 Å². The molecule has 1 nitrogen and oxygen atoms in total. The summed E-state index contributed by atoms with van der Waals surface area (Å²) in [5.74, 6) is 0.880. The summed E-state index contributed by atoms with van der Waals surface area (Å²) in [6, 6.07) is 0.741. The van der Waals surface area contributed by atoms with Crippen LogP contribution in [0.15, 0.2) is 4.99 Å². The Morgan fingerprint density at radius 2 is 2.43 bits per heavy atom. The van der Waals surface area contributed by atoms with Gasteiger partial charge in [0.25, 0.3) is 0 Å². The molecule has 0 saturated heterocycles. The maximum absolute atomic E-state index is 4.28. The van der Waals surface area contributed by atoms with Crippen LogP contribution in [0.3, 0.4) is 0 Å². The standard InChI is InChI=1S/C6H9N/c1-2-6-3-5(1)4-7-6/h4-6H,1-3H2/t5-,6+/m1/s1. The predicted molar refractivity (Wildman–Crippen MR) is 29.6 cm³/mol. The first kappa shape index (κ1) is 3.65. The summed E-state index contributed by atoms with van der Waals surface area (Å²) in [6.45, 7) is 0. The molecular formula is C6H9N. The first-order chi connectivity index (χ1) is 3.45. The molecule has 1 fully saturated rings. The summed E-state index contributed by atoms with van der Waals surface area (Å²) < 4.78 is 0. The van der Waals surface area contributed by atoms with Crippen molar-refractivity contribution < 1.29 is 0 Å². The van der Waals surface area contributed by atoms with E-state index in [0.717, 1.165) is 12.0 Å². The van der Waals surface area contributed by atoms with Crippen molar-refractivity contribution in [2.45, 2.75) is 25.3 Å². The minimum absolute atomic E-state index is 0.741. The minimum Gasteiger partial charge on any atom is -0.294 e. The second kappa shape index (κ2) is 1.09. The van der Waals surface area contributed by atoms with Crippen LogP contribution in [-0.2, 0) is 0 Å². The van der Waals surface area contributed by atoms with Crippen molar-refractivity contribution in [2.75, 3.05) is 0 Å². The van der Waals surface area contributed by atoms with E-state index in [2.05, 4.69) is 11.2 Å². The number of hydrogen-bond donors (Lipinski definition) is 0. The lowest BCUT2D eigenvalue weighted by Gasteiger charge is -1.96. The third-order valence-electron chi connectivity index (χ3n) is 1.95. The maximum Gasteiger partial charge on any atom is 0.0502 e. The SMILES string of the molecule is C1=N[C@H]2CC[C@@H]1C2. The lowest BCUT2D eigenvalue weighted by atomic mass is 10.1. The van der Waals surface area contributed by atoms with E-state index in [0.29, 0.717) is 0 Å². The molecule has 2 bridgehead atoms. The van der Waals surface area contributed by atoms with Crippen LogP contribution in [-0.4, -0.2) is 12.3 Å². The van der Waals surface area contributed by atoms with Gasteiger partial charge in [-0.25, -0.2) is 0 Å². The van der Waals surface area contributed by atoms with E-state index in [1.54, 1.807) is 0 Å². The molecule has 0 aromatic heterocycles. The number of aliphatic imine (C=N–C) groups is 1. The molecule has 1 aliphatic carbocycles. The van der Waals surface area contributed by atoms with E-state index < -0.39 is 0 Å². The third kappa shape index (κ3) is 0.409. The third-order valence-corrected chi connectivity index (χ3v) is 1.95. The Kier molecular flexibility index (Phi) is 0.566. The van der Waals surface area contributed by atoms with Crippen LogP contribution >= 0.6 is 0 Å². The molecule has 38 valence electrons. The molecule has 2 atom stereocenters. The Balaban J connectivity index is 2.27. The van der Waals surface area contributed by atoms with Gasteiger partial charge in [0, 0.05) is 6.21 Å². The zero-order chi connectivity index (χ0) is 4.69. The molecule has 0 N–H and O–H groups in total. The lowest BCUT2D eigenvalue weighted by Crippen LogP contribution is -1.92. The van der Waals surface area contributed by atoms with Gasteiger partial charge in [0.05, 0.1) is 6.04 Å². The van der Waals surface area contributed by atoms with Crippen molar-refractivity contribution in [3.8, 4) is 0 Å². The average Bonchev–Trinajstić information content (AvgIpc) is 2.22. The van der Waals surface area contributed by atoms with E-state index >= 15 is 0 Å². The number of hydrogen-bond acceptors (Lipinski definition) is 1. The van der Waals surface area contributed by atoms with Crippen molar-refractivity contribution in [3.63, 3.8) is 0 Å². The molecular weight excluding hydrogens is 86.1 g/mol. The Labute approximate surface area is 43.4 Å². The molecule has 0 amide bonds. The summed E-state index contributed by atoms with van der Waals surface area (Å²) >= 11 is 0. The van der Waals surface area contributed by atoms with Crippen molar-refractivity contribution >= 4 is 6.21 Å². The second-order valence-electron chi connectivity index (χ2n) is 2.53. The molecule has 7 heavy (non-hydrogen) atoms. The van der Waals surface area contributed by atoms with Gasteiger partial charge >= 0.3 is 0 Å². The van der Waals surface area contributed by atoms with Crippen LogP contribution < -0.4 is 0 Å². The van der Waals surface area contributed by atoms with Crippen molar-refractivity contribution in [1.82, 2.24) is 0 Å². The van der Waals surface area contributed by atoms with Crippen LogP contribution in [0.2, 0.25) is 0 Å². The first-order valence-electron chi connectivity index (χ1n) is 2.98. The average molecular weight is 95.1 g/mol. The highest BCUT2D eigenvalue weighted by atomic mass is 14.8. The van der Waals surface area contributed by atoms with Crippen LogP contribution in [0.1, 0.15) is 19.3 Å². The van der Waals surface area contributed by atoms with Crippen LogP contribution in [0.25, 0.3) is 0 Å². The second-order valence-corrected chi connectivity index (χ2v) is 2.53. The zero-order valence-corrected chi connectivity index (χ0v) is 4.30. The van der Waals surface area contributed by atoms with Gasteiger partial charge in [0.15, 0.2) is 0 Å². The number of nitrogens with zero attached hydrogens (tertiary/aromatic N) is 1. The summed E-state index contributed by atoms with van der Waals surface area (Å²) in [5, 5.41) is 0. The fourth-order valence-corrected chi connectivity index (χ4v) is 1.51. The van der Waals surface area contributed by atoms with E-state index in [9.17, 15) is 0 Å². The molecule has 0 radical (unpaired) electrons. The van der Waals surface area contributed by atoms with Gasteiger partial charge in [0.2, 0.25) is 0 Å². The number of fused-ring (bicyclic) bond motifs is 2. The highest BCUT2D eigenvalue weighted by Crippen LogP contribution is 2.31. The molecule has 1 aliphatic heterocycles. The monoisotopic (exact) mass is 95.1 g/mol. The lowest BCUT2D eigenvalue weighted by molar-refractivity contribution is 0.722. The maximum atomic E-state index is 4.28. The van der Waals surface area contributed by atoms with Crippen LogP contribution in [0.5, 0.6) is 0 Å². The zero-order valence-electron chi connectivity index (χ0n) is 4.30. The fourth-order valence-electron chi connectivity index (χ4n) is 1.51. The molecule has 0 aromatic carbocycles. The van der Waals surface area contributed by atoms with Gasteiger partial charge in [-0.3, -0.25) is 4.99 Å². The topological polar surface area (TPSA) is 12.4 Å². The highest BCUT2D eigenvalue weighted by molar-refractivity contribution is 5.64. The Hall–Kier alpha value is -0.330. The molecule has 1 heteroatoms. The van der Waals surface area contributed by atoms with E-state index in [4.69, 9.17) is 0 Å². The van der Waals surface area contributed by atoms with Gasteiger partial charge in [0.1, 0.15) is 0 Å². The fraction of sp³-hybridized carbons (Fsp3) is 0.833. The first-order valence-corrected chi connectivity index (χ1v) is 2.98. The molecule has 2 aliphatic rings.